The van der Waals surface area contributed by atoms with Crippen molar-refractivity contribution >= 4 is 37.5 Å². The maximum atomic E-state index is 13.8. The van der Waals surface area contributed by atoms with Crippen LogP contribution in [-0.4, -0.2) is 35.1 Å². The van der Waals surface area contributed by atoms with Crippen molar-refractivity contribution in [1.29, 1.82) is 0 Å². The smallest absolute Gasteiger partial charge is 0.264 e. The number of carbonyl (C=O) groups is 1. The number of aryl methyl sites for hydroxylation is 1. The third-order valence-electron chi connectivity index (χ3n) is 5.88. The number of nitrogens with one attached hydrogen (secondary N) is 1. The van der Waals surface area contributed by atoms with E-state index in [1.807, 2.05) is 43.3 Å². The standard InChI is InChI=1S/C28H33BrN2O5S/c1-19(2)16-26(21-8-12-23(35-4)13-9-21)30-28(32)18-31(22-10-6-20(3)7-11-22)37(33,34)24-14-15-27(36-5)25(29)17-24/h6-15,17,19,26H,16,18H2,1-5H3,(H,30,32). The highest BCUT2D eigenvalue weighted by Gasteiger charge is 2.29. The summed E-state index contributed by atoms with van der Waals surface area (Å²) in [5.74, 6) is 1.13. The van der Waals surface area contributed by atoms with Crippen LogP contribution >= 0.6 is 15.9 Å². The summed E-state index contributed by atoms with van der Waals surface area (Å²) in [6, 6.07) is 18.8. The lowest BCUT2D eigenvalue weighted by atomic mass is 9.97. The van der Waals surface area contributed by atoms with Crippen LogP contribution in [0.4, 0.5) is 5.69 Å². The lowest BCUT2D eigenvalue weighted by Gasteiger charge is -2.27. The van der Waals surface area contributed by atoms with Crippen LogP contribution in [0, 0.1) is 12.8 Å². The molecule has 0 aliphatic carbocycles. The highest BCUT2D eigenvalue weighted by Crippen LogP contribution is 2.31. The Bertz CT molecular complexity index is 1310. The molecule has 1 amide bonds. The summed E-state index contributed by atoms with van der Waals surface area (Å²) in [7, 11) is -0.963. The SMILES string of the molecule is COc1ccc(C(CC(C)C)NC(=O)CN(c2ccc(C)cc2)S(=O)(=O)c2ccc(OC)c(Br)c2)cc1. The number of nitrogens with zero attached hydrogens (tertiary/aromatic N) is 1. The fraction of sp³-hybridized carbons (Fsp3) is 0.321. The number of amides is 1. The molecule has 0 aliphatic heterocycles. The third kappa shape index (κ3) is 7.26. The van der Waals surface area contributed by atoms with Crippen molar-refractivity contribution in [1.82, 2.24) is 5.32 Å². The van der Waals surface area contributed by atoms with E-state index in [-0.39, 0.29) is 17.5 Å². The Morgan fingerprint density at radius 1 is 0.973 bits per heavy atom. The Labute approximate surface area is 228 Å². The number of halogens is 1. The van der Waals surface area contributed by atoms with E-state index < -0.39 is 15.9 Å². The Morgan fingerprint density at radius 2 is 1.62 bits per heavy atom. The maximum absolute atomic E-state index is 13.8. The number of carbonyl (C=O) groups excluding carboxylic acids is 1. The van der Waals surface area contributed by atoms with Gasteiger partial charge >= 0.3 is 0 Å². The minimum absolute atomic E-state index is 0.0439. The van der Waals surface area contributed by atoms with Crippen molar-refractivity contribution in [3.05, 3.63) is 82.3 Å². The number of sulfonamides is 1. The molecule has 0 aromatic heterocycles. The first-order chi connectivity index (χ1) is 17.5. The van der Waals surface area contributed by atoms with Gasteiger partial charge in [-0.25, -0.2) is 8.42 Å². The number of anilines is 1. The van der Waals surface area contributed by atoms with Gasteiger partial charge in [0.2, 0.25) is 5.91 Å². The van der Waals surface area contributed by atoms with E-state index in [9.17, 15) is 13.2 Å². The molecule has 0 saturated heterocycles. The molecule has 3 aromatic rings. The molecule has 3 aromatic carbocycles. The van der Waals surface area contributed by atoms with E-state index >= 15 is 0 Å². The lowest BCUT2D eigenvalue weighted by molar-refractivity contribution is -0.120. The molecule has 0 radical (unpaired) electrons. The third-order valence-corrected chi connectivity index (χ3v) is 8.27. The zero-order valence-corrected chi connectivity index (χ0v) is 24.1. The number of hydrogen-bond acceptors (Lipinski definition) is 5. The first-order valence-corrected chi connectivity index (χ1v) is 14.1. The van der Waals surface area contributed by atoms with E-state index in [1.54, 1.807) is 25.3 Å². The van der Waals surface area contributed by atoms with Crippen molar-refractivity contribution in [2.75, 3.05) is 25.1 Å². The summed E-state index contributed by atoms with van der Waals surface area (Å²) in [6.45, 7) is 5.70. The molecule has 9 heteroatoms. The van der Waals surface area contributed by atoms with Crippen molar-refractivity contribution in [2.45, 2.75) is 38.1 Å². The van der Waals surface area contributed by atoms with Gasteiger partial charge in [0.25, 0.3) is 10.0 Å². The van der Waals surface area contributed by atoms with Gasteiger partial charge in [0.05, 0.1) is 35.3 Å². The number of benzene rings is 3. The molecule has 1 unspecified atom stereocenters. The minimum atomic E-state index is -4.07. The van der Waals surface area contributed by atoms with Crippen molar-refractivity contribution in [3.63, 3.8) is 0 Å². The van der Waals surface area contributed by atoms with E-state index in [4.69, 9.17) is 9.47 Å². The van der Waals surface area contributed by atoms with E-state index in [0.717, 1.165) is 21.2 Å². The van der Waals surface area contributed by atoms with Gasteiger partial charge in [-0.1, -0.05) is 43.7 Å². The van der Waals surface area contributed by atoms with Gasteiger partial charge in [-0.15, -0.1) is 0 Å². The summed E-state index contributed by atoms with van der Waals surface area (Å²) in [5.41, 5.74) is 2.30. The largest absolute Gasteiger partial charge is 0.497 e. The summed E-state index contributed by atoms with van der Waals surface area (Å²) in [4.78, 5) is 13.4. The second-order valence-electron chi connectivity index (χ2n) is 9.17. The summed E-state index contributed by atoms with van der Waals surface area (Å²) < 4.78 is 39.7. The van der Waals surface area contributed by atoms with Gasteiger partial charge in [0.15, 0.2) is 0 Å². The molecule has 198 valence electrons. The first kappa shape index (κ1) is 28.5. The quantitative estimate of drug-likeness (QED) is 0.302. The van der Waals surface area contributed by atoms with Crippen LogP contribution in [0.15, 0.2) is 76.1 Å². The van der Waals surface area contributed by atoms with Gasteiger partial charge in [-0.05, 0) is 83.2 Å². The van der Waals surface area contributed by atoms with Crippen LogP contribution in [0.5, 0.6) is 11.5 Å². The lowest BCUT2D eigenvalue weighted by Crippen LogP contribution is -2.42. The van der Waals surface area contributed by atoms with E-state index in [2.05, 4.69) is 35.1 Å². The van der Waals surface area contributed by atoms with Gasteiger partial charge < -0.3 is 14.8 Å². The number of hydrogen-bond donors (Lipinski definition) is 1. The maximum Gasteiger partial charge on any atom is 0.264 e. The molecule has 7 nitrogen and oxygen atoms in total. The highest BCUT2D eigenvalue weighted by atomic mass is 79.9. The average molecular weight is 590 g/mol. The topological polar surface area (TPSA) is 84.9 Å². The Balaban J connectivity index is 1.94. The zero-order chi connectivity index (χ0) is 27.2. The average Bonchev–Trinajstić information content (AvgIpc) is 2.87. The molecular formula is C28H33BrN2O5S. The van der Waals surface area contributed by atoms with Crippen LogP contribution in [0.25, 0.3) is 0 Å². The van der Waals surface area contributed by atoms with Crippen LogP contribution < -0.4 is 19.1 Å². The Kier molecular flexibility index (Phi) is 9.62. The fourth-order valence-corrected chi connectivity index (χ4v) is 6.06. The molecular weight excluding hydrogens is 556 g/mol. The van der Waals surface area contributed by atoms with Crippen LogP contribution in [0.2, 0.25) is 0 Å². The van der Waals surface area contributed by atoms with Gasteiger partial charge in [0.1, 0.15) is 18.0 Å². The summed E-state index contributed by atoms with van der Waals surface area (Å²) >= 11 is 3.36. The molecule has 37 heavy (non-hydrogen) atoms. The number of ether oxygens (including phenoxy) is 2. The first-order valence-electron chi connectivity index (χ1n) is 11.9. The number of methoxy groups -OCH3 is 2. The van der Waals surface area contributed by atoms with Gasteiger partial charge in [-0.2, -0.15) is 0 Å². The molecule has 0 saturated carbocycles. The van der Waals surface area contributed by atoms with Crippen LogP contribution in [-0.2, 0) is 14.8 Å². The van der Waals surface area contributed by atoms with E-state index in [0.29, 0.717) is 28.2 Å². The molecule has 3 rings (SSSR count). The number of rotatable bonds is 11. The molecule has 0 heterocycles. The second kappa shape index (κ2) is 12.5. The van der Waals surface area contributed by atoms with Gasteiger partial charge in [0, 0.05) is 0 Å². The molecule has 0 fully saturated rings. The fourth-order valence-electron chi connectivity index (χ4n) is 3.92. The molecule has 0 spiro atoms. The van der Waals surface area contributed by atoms with Crippen molar-refractivity contribution < 1.29 is 22.7 Å². The second-order valence-corrected chi connectivity index (χ2v) is 11.9. The molecule has 1 atom stereocenters. The summed E-state index contributed by atoms with van der Waals surface area (Å²) in [6.07, 6.45) is 0.695. The Hall–Kier alpha value is -3.04. The predicted octanol–water partition coefficient (Wildman–Crippen LogP) is 5.87. The monoisotopic (exact) mass is 588 g/mol. The van der Waals surface area contributed by atoms with Crippen LogP contribution in [0.3, 0.4) is 0 Å². The van der Waals surface area contributed by atoms with Crippen molar-refractivity contribution in [3.8, 4) is 11.5 Å². The van der Waals surface area contributed by atoms with E-state index in [1.165, 1.54) is 19.2 Å². The molecule has 1 N–H and O–H groups in total. The highest BCUT2D eigenvalue weighted by molar-refractivity contribution is 9.10. The van der Waals surface area contributed by atoms with Crippen molar-refractivity contribution in [2.24, 2.45) is 5.92 Å². The van der Waals surface area contributed by atoms with Crippen LogP contribution in [0.1, 0.15) is 37.4 Å². The van der Waals surface area contributed by atoms with Gasteiger partial charge in [-0.3, -0.25) is 9.10 Å². The predicted molar refractivity (Wildman–Crippen MR) is 150 cm³/mol. The summed E-state index contributed by atoms with van der Waals surface area (Å²) in [5, 5.41) is 3.05. The molecule has 0 bridgehead atoms. The minimum Gasteiger partial charge on any atom is -0.497 e. The zero-order valence-electron chi connectivity index (χ0n) is 21.7. The normalized spacial score (nSPS) is 12.2. The molecule has 0 aliphatic rings. The Morgan fingerprint density at radius 3 is 2.16 bits per heavy atom.